The second-order valence-corrected chi connectivity index (χ2v) is 9.35. The highest BCUT2D eigenvalue weighted by Crippen LogP contribution is 2.39. The number of aliphatic hydroxyl groups is 2. The Bertz CT molecular complexity index is 1410. The summed E-state index contributed by atoms with van der Waals surface area (Å²) < 4.78 is 41.4. The third-order valence-corrected chi connectivity index (χ3v) is 6.83. The number of alkyl halides is 3. The number of aromatic nitrogens is 1. The van der Waals surface area contributed by atoms with Gasteiger partial charge in [-0.3, -0.25) is 0 Å². The quantitative estimate of drug-likeness (QED) is 0.441. The van der Waals surface area contributed by atoms with E-state index >= 15 is 0 Å². The summed E-state index contributed by atoms with van der Waals surface area (Å²) >= 11 is 6.91. The number of benzene rings is 2. The molecule has 1 atom stereocenters. The predicted molar refractivity (Wildman–Crippen MR) is 128 cm³/mol. The van der Waals surface area contributed by atoms with Crippen LogP contribution >= 0.6 is 22.9 Å². The molecule has 0 fully saturated rings. The van der Waals surface area contributed by atoms with Gasteiger partial charge in [-0.05, 0) is 40.6 Å². The summed E-state index contributed by atoms with van der Waals surface area (Å²) in [5.74, 6) is -0.355. The van der Waals surface area contributed by atoms with Gasteiger partial charge in [0.1, 0.15) is 0 Å². The maximum Gasteiger partial charge on any atom is 0.416 e. The van der Waals surface area contributed by atoms with Crippen molar-refractivity contribution in [2.75, 3.05) is 25.1 Å². The van der Waals surface area contributed by atoms with Crippen LogP contribution in [-0.4, -0.2) is 52.8 Å². The summed E-state index contributed by atoms with van der Waals surface area (Å²) in [5, 5.41) is 38.9. The fourth-order valence-electron chi connectivity index (χ4n) is 3.67. The number of halogens is 4. The zero-order chi connectivity index (χ0) is 25.3. The second-order valence-electron chi connectivity index (χ2n) is 7.94. The van der Waals surface area contributed by atoms with E-state index in [1.165, 1.54) is 12.1 Å². The molecule has 1 aromatic heterocycles. The van der Waals surface area contributed by atoms with Gasteiger partial charge in [-0.2, -0.15) is 28.4 Å². The third-order valence-electron chi connectivity index (χ3n) is 5.38. The highest BCUT2D eigenvalue weighted by atomic mass is 35.5. The van der Waals surface area contributed by atoms with Crippen molar-refractivity contribution in [3.8, 4) is 5.88 Å². The van der Waals surface area contributed by atoms with E-state index in [2.05, 4.69) is 15.2 Å². The van der Waals surface area contributed by atoms with Gasteiger partial charge in [0.15, 0.2) is 5.13 Å². The van der Waals surface area contributed by atoms with Gasteiger partial charge in [-0.1, -0.05) is 35.1 Å². The minimum Gasteiger partial charge on any atom is -0.492 e. The Morgan fingerprint density at radius 2 is 1.97 bits per heavy atom. The molecule has 2 aromatic carbocycles. The maximum atomic E-state index is 13.8. The first kappa shape index (κ1) is 25.1. The van der Waals surface area contributed by atoms with Crippen LogP contribution in [0, 0.1) is 0 Å². The molecule has 1 unspecified atom stereocenters. The summed E-state index contributed by atoms with van der Waals surface area (Å²) in [4.78, 5) is 5.97. The molecule has 0 radical (unpaired) electrons. The van der Waals surface area contributed by atoms with E-state index in [0.29, 0.717) is 26.8 Å². The van der Waals surface area contributed by atoms with Crippen LogP contribution in [0.15, 0.2) is 46.6 Å². The third kappa shape index (κ3) is 5.48. The van der Waals surface area contributed by atoms with E-state index in [-0.39, 0.29) is 34.3 Å². The van der Waals surface area contributed by atoms with Crippen molar-refractivity contribution < 1.29 is 28.5 Å². The molecule has 35 heavy (non-hydrogen) atoms. The topological polar surface area (TPSA) is 102 Å². The number of hydrogen-bond acceptors (Lipinski definition) is 8. The number of aromatic hydroxyl groups is 1. The molecule has 2 heterocycles. The van der Waals surface area contributed by atoms with Gasteiger partial charge in [-0.15, -0.1) is 0 Å². The molecule has 0 spiro atoms. The molecule has 3 N–H and O–H groups in total. The summed E-state index contributed by atoms with van der Waals surface area (Å²) in [6, 6.07) is 8.73. The lowest BCUT2D eigenvalue weighted by molar-refractivity contribution is -0.138. The Labute approximate surface area is 206 Å². The zero-order valence-electron chi connectivity index (χ0n) is 18.3. The van der Waals surface area contributed by atoms with Gasteiger partial charge < -0.3 is 20.2 Å². The molecular formula is C23H20ClF3N4O3S. The van der Waals surface area contributed by atoms with Crippen LogP contribution in [0.4, 0.5) is 18.3 Å². The first-order valence-electron chi connectivity index (χ1n) is 10.4. The average molecular weight is 525 g/mol. The normalized spacial score (nSPS) is 14.5. The van der Waals surface area contributed by atoms with Crippen molar-refractivity contribution in [2.24, 2.45) is 10.2 Å². The van der Waals surface area contributed by atoms with Gasteiger partial charge in [-0.25, -0.2) is 0 Å². The number of nitrogens with zero attached hydrogens (tertiary/aromatic N) is 4. The van der Waals surface area contributed by atoms with Gasteiger partial charge in [0, 0.05) is 30.6 Å². The molecule has 184 valence electrons. The number of aliphatic hydroxyl groups excluding tert-OH is 2. The molecule has 1 aliphatic rings. The average Bonchev–Trinajstić information content (AvgIpc) is 3.43. The van der Waals surface area contributed by atoms with Gasteiger partial charge in [0.05, 0.1) is 34.7 Å². The van der Waals surface area contributed by atoms with Crippen LogP contribution in [0.3, 0.4) is 0 Å². The highest BCUT2D eigenvalue weighted by molar-refractivity contribution is 7.17. The van der Waals surface area contributed by atoms with Crippen molar-refractivity contribution in [3.05, 3.63) is 73.6 Å². The van der Waals surface area contributed by atoms with Crippen LogP contribution in [-0.2, 0) is 12.6 Å². The number of fused-ring (bicyclic) bond motifs is 1. The van der Waals surface area contributed by atoms with E-state index in [1.54, 1.807) is 36.4 Å². The molecule has 1 aliphatic heterocycles. The fourth-order valence-corrected chi connectivity index (χ4v) is 4.84. The van der Waals surface area contributed by atoms with Crippen molar-refractivity contribution in [3.63, 3.8) is 0 Å². The van der Waals surface area contributed by atoms with Gasteiger partial charge in [0.2, 0.25) is 5.88 Å². The predicted octanol–water partition coefficient (Wildman–Crippen LogP) is 2.72. The SMILES string of the molecule is CN(CC(O)CO)c1nc(O)c(C(Cc2ccc(Cl)cc2C(F)(F)F)=c2ccc3c(c2)C=NN=3)s1. The van der Waals surface area contributed by atoms with E-state index in [0.717, 1.165) is 17.4 Å². The lowest BCUT2D eigenvalue weighted by Gasteiger charge is -2.18. The number of rotatable bonds is 7. The minimum absolute atomic E-state index is 0.0193. The molecule has 0 bridgehead atoms. The molecule has 0 saturated heterocycles. The first-order valence-corrected chi connectivity index (χ1v) is 11.6. The molecule has 12 heteroatoms. The van der Waals surface area contributed by atoms with Crippen LogP contribution in [0.5, 0.6) is 5.88 Å². The van der Waals surface area contributed by atoms with Crippen LogP contribution in [0.1, 0.15) is 21.6 Å². The lowest BCUT2D eigenvalue weighted by Crippen LogP contribution is -2.31. The smallest absolute Gasteiger partial charge is 0.416 e. The molecule has 3 aromatic rings. The Balaban J connectivity index is 1.87. The molecule has 4 rings (SSSR count). The van der Waals surface area contributed by atoms with E-state index in [1.807, 2.05) is 0 Å². The molecule has 0 amide bonds. The Hall–Kier alpha value is -2.99. The summed E-state index contributed by atoms with van der Waals surface area (Å²) in [6.45, 7) is -0.408. The first-order chi connectivity index (χ1) is 16.6. The Kier molecular flexibility index (Phi) is 7.13. The van der Waals surface area contributed by atoms with Gasteiger partial charge in [0.25, 0.3) is 0 Å². The van der Waals surface area contributed by atoms with Crippen LogP contribution in [0.2, 0.25) is 5.02 Å². The van der Waals surface area contributed by atoms with Crippen LogP contribution < -0.4 is 15.5 Å². The Morgan fingerprint density at radius 1 is 1.20 bits per heavy atom. The van der Waals surface area contributed by atoms with Crippen LogP contribution in [0.25, 0.3) is 5.57 Å². The standard InChI is InChI=1S/C23H20ClF3N4O3S/c1-31(10-16(33)11-32)22-29-21(34)20(35-22)17(12-3-5-19-14(6-12)9-28-30-19)7-13-2-4-15(24)8-18(13)23(25,26)27/h2-6,8-9,16,32-34H,7,10-11H2,1H3. The number of thiazole rings is 1. The molecule has 0 aliphatic carbocycles. The lowest BCUT2D eigenvalue weighted by atomic mass is 9.96. The number of anilines is 1. The maximum absolute atomic E-state index is 13.8. The summed E-state index contributed by atoms with van der Waals surface area (Å²) in [6.07, 6.45) is -4.28. The van der Waals surface area contributed by atoms with E-state index < -0.39 is 24.5 Å². The highest BCUT2D eigenvalue weighted by Gasteiger charge is 2.34. The van der Waals surface area contributed by atoms with E-state index in [9.17, 15) is 23.4 Å². The number of hydrogen-bond donors (Lipinski definition) is 3. The molecule has 0 saturated carbocycles. The molecule has 7 nitrogen and oxygen atoms in total. The van der Waals surface area contributed by atoms with Crippen molar-refractivity contribution in [1.29, 1.82) is 0 Å². The van der Waals surface area contributed by atoms with E-state index in [4.69, 9.17) is 16.7 Å². The summed E-state index contributed by atoms with van der Waals surface area (Å²) in [7, 11) is 1.62. The second kappa shape index (κ2) is 9.94. The van der Waals surface area contributed by atoms with Gasteiger partial charge >= 0.3 is 6.18 Å². The van der Waals surface area contributed by atoms with Crippen molar-refractivity contribution >= 4 is 39.9 Å². The van der Waals surface area contributed by atoms with Crippen molar-refractivity contribution in [1.82, 2.24) is 4.98 Å². The number of likely N-dealkylation sites (N-methyl/N-ethyl adjacent to an activating group) is 1. The minimum atomic E-state index is -4.63. The van der Waals surface area contributed by atoms with Crippen molar-refractivity contribution in [2.45, 2.75) is 18.7 Å². The Morgan fingerprint density at radius 3 is 2.69 bits per heavy atom. The largest absolute Gasteiger partial charge is 0.492 e. The summed E-state index contributed by atoms with van der Waals surface area (Å²) in [5.41, 5.74) is 0.222. The zero-order valence-corrected chi connectivity index (χ0v) is 19.9. The molecular weight excluding hydrogens is 505 g/mol. The monoisotopic (exact) mass is 524 g/mol. The fraction of sp³-hybridized carbons (Fsp3) is 0.261.